The summed E-state index contributed by atoms with van der Waals surface area (Å²) in [5.74, 6) is -1.80. The van der Waals surface area contributed by atoms with Crippen LogP contribution in [0.3, 0.4) is 0 Å². The Balaban J connectivity index is 2.18. The Bertz CT molecular complexity index is 443. The van der Waals surface area contributed by atoms with Crippen LogP contribution in [0.4, 0.5) is 4.39 Å². The summed E-state index contributed by atoms with van der Waals surface area (Å²) in [6.07, 6.45) is 0.473. The van der Waals surface area contributed by atoms with E-state index in [-0.39, 0.29) is 11.7 Å². The standard InChI is InChI=1S/C13H15FO4/c1-17-12-3-2-9(5-11(12)14)10(13(15)16)4-8-6-18-7-8/h2-3,5,8,10H,4,6-7H2,1H3,(H,15,16). The molecule has 1 heterocycles. The van der Waals surface area contributed by atoms with Crippen LogP contribution in [0.5, 0.6) is 5.75 Å². The summed E-state index contributed by atoms with van der Waals surface area (Å²) in [5.41, 5.74) is 0.465. The third kappa shape index (κ3) is 2.61. The smallest absolute Gasteiger partial charge is 0.310 e. The highest BCUT2D eigenvalue weighted by atomic mass is 19.1. The summed E-state index contributed by atoms with van der Waals surface area (Å²) in [5, 5.41) is 9.22. The molecule has 1 aliphatic rings. The van der Waals surface area contributed by atoms with Gasteiger partial charge in [-0.25, -0.2) is 4.39 Å². The average molecular weight is 254 g/mol. The molecule has 0 aliphatic carbocycles. The zero-order valence-corrected chi connectivity index (χ0v) is 10.1. The molecule has 1 aliphatic heterocycles. The van der Waals surface area contributed by atoms with Crippen LogP contribution in [-0.2, 0) is 9.53 Å². The zero-order chi connectivity index (χ0) is 13.1. The molecular weight excluding hydrogens is 239 g/mol. The number of carbonyl (C=O) groups is 1. The summed E-state index contributed by atoms with van der Waals surface area (Å²) in [6, 6.07) is 4.29. The second-order valence-electron chi connectivity index (χ2n) is 4.42. The maximum absolute atomic E-state index is 13.6. The third-order valence-corrected chi connectivity index (χ3v) is 3.15. The van der Waals surface area contributed by atoms with Crippen LogP contribution in [-0.4, -0.2) is 31.4 Å². The van der Waals surface area contributed by atoms with Crippen molar-refractivity contribution in [2.75, 3.05) is 20.3 Å². The van der Waals surface area contributed by atoms with Gasteiger partial charge in [-0.3, -0.25) is 4.79 Å². The first kappa shape index (κ1) is 12.8. The molecule has 0 saturated carbocycles. The fourth-order valence-corrected chi connectivity index (χ4v) is 2.03. The molecule has 0 radical (unpaired) electrons. The van der Waals surface area contributed by atoms with Crippen molar-refractivity contribution in [3.8, 4) is 5.75 Å². The molecule has 1 aromatic rings. The lowest BCUT2D eigenvalue weighted by atomic mass is 9.88. The van der Waals surface area contributed by atoms with Gasteiger partial charge < -0.3 is 14.6 Å². The Morgan fingerprint density at radius 2 is 2.33 bits per heavy atom. The first-order valence-electron chi connectivity index (χ1n) is 5.75. The lowest BCUT2D eigenvalue weighted by molar-refractivity contribution is -0.140. The molecule has 0 amide bonds. The van der Waals surface area contributed by atoms with Gasteiger partial charge in [0, 0.05) is 5.92 Å². The zero-order valence-electron chi connectivity index (χ0n) is 10.1. The molecule has 2 rings (SSSR count). The van der Waals surface area contributed by atoms with Crippen molar-refractivity contribution in [1.82, 2.24) is 0 Å². The summed E-state index contributed by atoms with van der Waals surface area (Å²) in [6.45, 7) is 1.17. The van der Waals surface area contributed by atoms with Crippen molar-refractivity contribution in [3.05, 3.63) is 29.6 Å². The summed E-state index contributed by atoms with van der Waals surface area (Å²) < 4.78 is 23.4. The highest BCUT2D eigenvalue weighted by Crippen LogP contribution is 2.30. The Hall–Kier alpha value is -1.62. The van der Waals surface area contributed by atoms with E-state index in [1.807, 2.05) is 0 Å². The third-order valence-electron chi connectivity index (χ3n) is 3.15. The van der Waals surface area contributed by atoms with Crippen LogP contribution in [0, 0.1) is 11.7 Å². The Kier molecular flexibility index (Phi) is 3.81. The van der Waals surface area contributed by atoms with Gasteiger partial charge in [-0.05, 0) is 24.1 Å². The van der Waals surface area contributed by atoms with E-state index >= 15 is 0 Å². The second-order valence-corrected chi connectivity index (χ2v) is 4.42. The van der Waals surface area contributed by atoms with Crippen LogP contribution in [0.15, 0.2) is 18.2 Å². The molecule has 1 aromatic carbocycles. The lowest BCUT2D eigenvalue weighted by Crippen LogP contribution is -2.30. The molecular formula is C13H15FO4. The minimum Gasteiger partial charge on any atom is -0.494 e. The van der Waals surface area contributed by atoms with Gasteiger partial charge in [0.05, 0.1) is 26.2 Å². The topological polar surface area (TPSA) is 55.8 Å². The molecule has 5 heteroatoms. The van der Waals surface area contributed by atoms with Gasteiger partial charge in [0.25, 0.3) is 0 Å². The Morgan fingerprint density at radius 1 is 1.61 bits per heavy atom. The van der Waals surface area contributed by atoms with Crippen LogP contribution < -0.4 is 4.74 Å². The number of hydrogen-bond donors (Lipinski definition) is 1. The number of benzene rings is 1. The highest BCUT2D eigenvalue weighted by molar-refractivity contribution is 5.76. The van der Waals surface area contributed by atoms with E-state index in [0.29, 0.717) is 25.2 Å². The number of halogens is 1. The summed E-state index contributed by atoms with van der Waals surface area (Å²) >= 11 is 0. The van der Waals surface area contributed by atoms with Crippen molar-refractivity contribution in [2.24, 2.45) is 5.92 Å². The minimum atomic E-state index is -0.938. The predicted molar refractivity (Wildman–Crippen MR) is 62.3 cm³/mol. The summed E-state index contributed by atoms with van der Waals surface area (Å²) in [4.78, 5) is 11.2. The number of rotatable bonds is 5. The Morgan fingerprint density at radius 3 is 2.78 bits per heavy atom. The van der Waals surface area contributed by atoms with E-state index in [2.05, 4.69) is 0 Å². The first-order chi connectivity index (χ1) is 8.61. The number of ether oxygens (including phenoxy) is 2. The number of methoxy groups -OCH3 is 1. The van der Waals surface area contributed by atoms with E-state index in [0.717, 1.165) is 0 Å². The molecule has 4 nitrogen and oxygen atoms in total. The number of carboxylic acids is 1. The van der Waals surface area contributed by atoms with Crippen LogP contribution in [0.25, 0.3) is 0 Å². The molecule has 98 valence electrons. The van der Waals surface area contributed by atoms with Gasteiger partial charge in [0.2, 0.25) is 0 Å². The van der Waals surface area contributed by atoms with E-state index in [9.17, 15) is 14.3 Å². The van der Waals surface area contributed by atoms with Gasteiger partial charge in [-0.15, -0.1) is 0 Å². The SMILES string of the molecule is COc1ccc(C(CC2COC2)C(=O)O)cc1F. The van der Waals surface area contributed by atoms with E-state index < -0.39 is 17.7 Å². The van der Waals surface area contributed by atoms with Gasteiger partial charge >= 0.3 is 5.97 Å². The maximum atomic E-state index is 13.6. The van der Waals surface area contributed by atoms with Crippen LogP contribution in [0.1, 0.15) is 17.9 Å². The molecule has 1 saturated heterocycles. The Labute approximate surface area is 104 Å². The van der Waals surface area contributed by atoms with Crippen molar-refractivity contribution in [2.45, 2.75) is 12.3 Å². The number of hydrogen-bond acceptors (Lipinski definition) is 3. The van der Waals surface area contributed by atoms with Crippen molar-refractivity contribution >= 4 is 5.97 Å². The fraction of sp³-hybridized carbons (Fsp3) is 0.462. The highest BCUT2D eigenvalue weighted by Gasteiger charge is 2.28. The lowest BCUT2D eigenvalue weighted by Gasteiger charge is -2.28. The predicted octanol–water partition coefficient (Wildman–Crippen LogP) is 2.04. The van der Waals surface area contributed by atoms with Gasteiger partial charge in [-0.2, -0.15) is 0 Å². The molecule has 0 aromatic heterocycles. The molecule has 0 spiro atoms. The monoisotopic (exact) mass is 254 g/mol. The fourth-order valence-electron chi connectivity index (χ4n) is 2.03. The second kappa shape index (κ2) is 5.35. The molecule has 1 fully saturated rings. The molecule has 1 unspecified atom stereocenters. The molecule has 0 bridgehead atoms. The van der Waals surface area contributed by atoms with Crippen molar-refractivity contribution in [3.63, 3.8) is 0 Å². The largest absolute Gasteiger partial charge is 0.494 e. The number of carboxylic acid groups (broad SMARTS) is 1. The quantitative estimate of drug-likeness (QED) is 0.873. The van der Waals surface area contributed by atoms with E-state index in [1.54, 1.807) is 6.07 Å². The van der Waals surface area contributed by atoms with Crippen LogP contribution >= 0.6 is 0 Å². The first-order valence-corrected chi connectivity index (χ1v) is 5.75. The molecule has 18 heavy (non-hydrogen) atoms. The summed E-state index contributed by atoms with van der Waals surface area (Å²) in [7, 11) is 1.37. The van der Waals surface area contributed by atoms with Gasteiger partial charge in [-0.1, -0.05) is 6.07 Å². The van der Waals surface area contributed by atoms with Crippen molar-refractivity contribution in [1.29, 1.82) is 0 Å². The van der Waals surface area contributed by atoms with Crippen molar-refractivity contribution < 1.29 is 23.8 Å². The van der Waals surface area contributed by atoms with Crippen LogP contribution in [0.2, 0.25) is 0 Å². The van der Waals surface area contributed by atoms with Gasteiger partial charge in [0.1, 0.15) is 0 Å². The van der Waals surface area contributed by atoms with E-state index in [4.69, 9.17) is 9.47 Å². The van der Waals surface area contributed by atoms with Gasteiger partial charge in [0.15, 0.2) is 11.6 Å². The average Bonchev–Trinajstić information content (AvgIpc) is 2.27. The van der Waals surface area contributed by atoms with E-state index in [1.165, 1.54) is 19.2 Å². The molecule has 1 N–H and O–H groups in total. The maximum Gasteiger partial charge on any atom is 0.310 e. The minimum absolute atomic E-state index is 0.120. The normalized spacial score (nSPS) is 17.0. The molecule has 1 atom stereocenters. The number of aliphatic carboxylic acids is 1.